The zero-order valence-corrected chi connectivity index (χ0v) is 17.2. The van der Waals surface area contributed by atoms with Gasteiger partial charge in [0.1, 0.15) is 18.0 Å². The fourth-order valence-corrected chi connectivity index (χ4v) is 3.83. The SMILES string of the molecule is Cc1cncnc1NC(C)c1cc2cccc(Cl)c2c(N2CCN(C)CC2)n1. The monoisotopic (exact) mass is 396 g/mol. The number of hydrogen-bond donors (Lipinski definition) is 1. The van der Waals surface area contributed by atoms with Crippen LogP contribution >= 0.6 is 11.6 Å². The van der Waals surface area contributed by atoms with Crippen LogP contribution in [0, 0.1) is 6.92 Å². The first kappa shape index (κ1) is 18.9. The van der Waals surface area contributed by atoms with E-state index < -0.39 is 0 Å². The van der Waals surface area contributed by atoms with Gasteiger partial charge in [-0.15, -0.1) is 0 Å². The molecule has 1 fully saturated rings. The zero-order valence-electron chi connectivity index (χ0n) is 16.5. The van der Waals surface area contributed by atoms with Gasteiger partial charge >= 0.3 is 0 Å². The minimum absolute atomic E-state index is 0.00296. The largest absolute Gasteiger partial charge is 0.362 e. The fourth-order valence-electron chi connectivity index (χ4n) is 3.56. The third-order valence-electron chi connectivity index (χ3n) is 5.30. The number of nitrogens with zero attached hydrogens (tertiary/aromatic N) is 5. The molecule has 0 aliphatic carbocycles. The van der Waals surface area contributed by atoms with Crippen LogP contribution in [0.3, 0.4) is 0 Å². The number of halogens is 1. The van der Waals surface area contributed by atoms with Gasteiger partial charge in [0.2, 0.25) is 0 Å². The van der Waals surface area contributed by atoms with E-state index in [9.17, 15) is 0 Å². The molecule has 146 valence electrons. The zero-order chi connectivity index (χ0) is 19.7. The molecule has 0 spiro atoms. The summed E-state index contributed by atoms with van der Waals surface area (Å²) < 4.78 is 0. The van der Waals surface area contributed by atoms with Gasteiger partial charge in [0, 0.05) is 43.3 Å². The summed E-state index contributed by atoms with van der Waals surface area (Å²) in [6.07, 6.45) is 3.37. The second-order valence-electron chi connectivity index (χ2n) is 7.42. The van der Waals surface area contributed by atoms with Crippen LogP contribution in [0.15, 0.2) is 36.8 Å². The predicted molar refractivity (Wildman–Crippen MR) is 115 cm³/mol. The van der Waals surface area contributed by atoms with Gasteiger partial charge in [-0.3, -0.25) is 0 Å². The molecule has 1 aliphatic heterocycles. The predicted octanol–water partition coefficient (Wildman–Crippen LogP) is 3.91. The average Bonchev–Trinajstić information content (AvgIpc) is 2.69. The van der Waals surface area contributed by atoms with Crippen molar-refractivity contribution >= 4 is 34.0 Å². The number of fused-ring (bicyclic) bond motifs is 1. The van der Waals surface area contributed by atoms with Gasteiger partial charge in [0.15, 0.2) is 0 Å². The molecule has 1 aliphatic rings. The number of hydrogen-bond acceptors (Lipinski definition) is 6. The van der Waals surface area contributed by atoms with Crippen molar-refractivity contribution in [1.29, 1.82) is 0 Å². The Morgan fingerprint density at radius 1 is 1.18 bits per heavy atom. The van der Waals surface area contributed by atoms with Crippen molar-refractivity contribution in [2.75, 3.05) is 43.4 Å². The van der Waals surface area contributed by atoms with Crippen LogP contribution in [0.1, 0.15) is 24.2 Å². The van der Waals surface area contributed by atoms with E-state index >= 15 is 0 Å². The van der Waals surface area contributed by atoms with E-state index in [0.29, 0.717) is 0 Å². The van der Waals surface area contributed by atoms with Crippen LogP contribution in [0.4, 0.5) is 11.6 Å². The quantitative estimate of drug-likeness (QED) is 0.721. The lowest BCUT2D eigenvalue weighted by Crippen LogP contribution is -2.45. The lowest BCUT2D eigenvalue weighted by atomic mass is 10.1. The Kier molecular flexibility index (Phi) is 5.33. The van der Waals surface area contributed by atoms with Crippen molar-refractivity contribution in [1.82, 2.24) is 19.9 Å². The molecular weight excluding hydrogens is 372 g/mol. The maximum atomic E-state index is 6.58. The smallest absolute Gasteiger partial charge is 0.138 e. The van der Waals surface area contributed by atoms with E-state index in [1.54, 1.807) is 6.33 Å². The van der Waals surface area contributed by atoms with E-state index in [0.717, 1.165) is 64.9 Å². The van der Waals surface area contributed by atoms with Crippen molar-refractivity contribution in [2.45, 2.75) is 19.9 Å². The molecule has 28 heavy (non-hydrogen) atoms. The van der Waals surface area contributed by atoms with Gasteiger partial charge in [-0.05, 0) is 38.4 Å². The Labute approximate surface area is 170 Å². The summed E-state index contributed by atoms with van der Waals surface area (Å²) in [5, 5.41) is 6.36. The maximum absolute atomic E-state index is 6.58. The Hall–Kier alpha value is -2.44. The summed E-state index contributed by atoms with van der Waals surface area (Å²) in [6.45, 7) is 8.03. The van der Waals surface area contributed by atoms with Crippen molar-refractivity contribution in [3.8, 4) is 0 Å². The molecule has 0 bridgehead atoms. The minimum atomic E-state index is 0.00296. The van der Waals surface area contributed by atoms with E-state index in [1.807, 2.05) is 25.3 Å². The van der Waals surface area contributed by atoms with Crippen LogP contribution < -0.4 is 10.2 Å². The van der Waals surface area contributed by atoms with Gasteiger partial charge in [-0.25, -0.2) is 15.0 Å². The van der Waals surface area contributed by atoms with E-state index in [2.05, 4.69) is 51.2 Å². The number of benzene rings is 1. The van der Waals surface area contributed by atoms with Crippen LogP contribution in [0.5, 0.6) is 0 Å². The highest BCUT2D eigenvalue weighted by Crippen LogP contribution is 2.34. The Balaban J connectivity index is 1.74. The number of aromatic nitrogens is 3. The molecule has 1 saturated heterocycles. The van der Waals surface area contributed by atoms with Crippen LogP contribution in [0.25, 0.3) is 10.8 Å². The standard InChI is InChI=1S/C21H25ClN6/c1-14-12-23-13-24-20(14)25-15(2)18-11-16-5-4-6-17(22)19(16)21(26-18)28-9-7-27(3)8-10-28/h4-6,11-13,15H,7-10H2,1-3H3,(H,23,24,25). The second kappa shape index (κ2) is 7.89. The number of piperazine rings is 1. The number of pyridine rings is 1. The van der Waals surface area contributed by atoms with Crippen molar-refractivity contribution in [3.63, 3.8) is 0 Å². The first-order chi connectivity index (χ1) is 13.5. The summed E-state index contributed by atoms with van der Waals surface area (Å²) in [6, 6.07) is 8.16. The molecule has 0 radical (unpaired) electrons. The molecule has 1 unspecified atom stereocenters. The first-order valence-corrected chi connectivity index (χ1v) is 9.96. The minimum Gasteiger partial charge on any atom is -0.362 e. The van der Waals surface area contributed by atoms with Gasteiger partial charge in [0.05, 0.1) is 16.8 Å². The fraction of sp³-hybridized carbons (Fsp3) is 0.381. The lowest BCUT2D eigenvalue weighted by molar-refractivity contribution is 0.312. The second-order valence-corrected chi connectivity index (χ2v) is 7.83. The van der Waals surface area contributed by atoms with Gasteiger partial charge in [-0.2, -0.15) is 0 Å². The molecule has 0 saturated carbocycles. The average molecular weight is 397 g/mol. The molecule has 1 aromatic carbocycles. The van der Waals surface area contributed by atoms with Crippen molar-refractivity contribution in [3.05, 3.63) is 53.1 Å². The highest BCUT2D eigenvalue weighted by Gasteiger charge is 2.21. The molecule has 3 heterocycles. The Morgan fingerprint density at radius 2 is 1.96 bits per heavy atom. The van der Waals surface area contributed by atoms with E-state index in [-0.39, 0.29) is 6.04 Å². The molecule has 4 rings (SSSR count). The molecule has 7 heteroatoms. The van der Waals surface area contributed by atoms with E-state index in [4.69, 9.17) is 16.6 Å². The third-order valence-corrected chi connectivity index (χ3v) is 5.62. The molecule has 6 nitrogen and oxygen atoms in total. The van der Waals surface area contributed by atoms with Crippen molar-refractivity contribution in [2.24, 2.45) is 0 Å². The third kappa shape index (κ3) is 3.75. The van der Waals surface area contributed by atoms with Gasteiger partial charge in [-0.1, -0.05) is 23.7 Å². The molecule has 1 N–H and O–H groups in total. The van der Waals surface area contributed by atoms with Crippen LogP contribution in [-0.2, 0) is 0 Å². The van der Waals surface area contributed by atoms with Gasteiger partial charge in [0.25, 0.3) is 0 Å². The van der Waals surface area contributed by atoms with E-state index in [1.165, 1.54) is 0 Å². The summed E-state index contributed by atoms with van der Waals surface area (Å²) in [7, 11) is 2.16. The number of likely N-dealkylation sites (N-methyl/N-ethyl adjacent to an activating group) is 1. The summed E-state index contributed by atoms with van der Waals surface area (Å²) in [5.41, 5.74) is 1.99. The normalized spacial score (nSPS) is 16.4. The molecule has 3 aromatic rings. The number of rotatable bonds is 4. The number of nitrogens with one attached hydrogen (secondary N) is 1. The molecule has 2 aromatic heterocycles. The first-order valence-electron chi connectivity index (χ1n) is 9.58. The topological polar surface area (TPSA) is 57.2 Å². The summed E-state index contributed by atoms with van der Waals surface area (Å²) in [5.74, 6) is 1.80. The molecule has 0 amide bonds. The Morgan fingerprint density at radius 3 is 2.71 bits per heavy atom. The summed E-state index contributed by atoms with van der Waals surface area (Å²) in [4.78, 5) is 18.2. The van der Waals surface area contributed by atoms with Crippen molar-refractivity contribution < 1.29 is 0 Å². The van der Waals surface area contributed by atoms with Crippen LogP contribution in [0.2, 0.25) is 5.02 Å². The number of anilines is 2. The molecular formula is C21H25ClN6. The number of aryl methyl sites for hydroxylation is 1. The van der Waals surface area contributed by atoms with Gasteiger partial charge < -0.3 is 15.1 Å². The van der Waals surface area contributed by atoms with Crippen LogP contribution in [-0.4, -0.2) is 53.1 Å². The molecule has 1 atom stereocenters. The highest BCUT2D eigenvalue weighted by atomic mass is 35.5. The maximum Gasteiger partial charge on any atom is 0.138 e. The lowest BCUT2D eigenvalue weighted by Gasteiger charge is -2.34. The highest BCUT2D eigenvalue weighted by molar-refractivity contribution is 6.36. The summed E-state index contributed by atoms with van der Waals surface area (Å²) >= 11 is 6.58. The Bertz CT molecular complexity index is 984.